The van der Waals surface area contributed by atoms with Crippen LogP contribution in [-0.2, 0) is 4.74 Å². The maximum Gasteiger partial charge on any atom is 0.0598 e. The number of nitrogens with zero attached hydrogens (tertiary/aromatic N) is 3. The first-order chi connectivity index (χ1) is 10.1. The van der Waals surface area contributed by atoms with Gasteiger partial charge in [-0.25, -0.2) is 0 Å². The summed E-state index contributed by atoms with van der Waals surface area (Å²) in [6.45, 7) is 22.8. The molecule has 0 aromatic heterocycles. The molecule has 0 saturated carbocycles. The molecule has 2 fully saturated rings. The van der Waals surface area contributed by atoms with Crippen LogP contribution in [0.2, 0.25) is 0 Å². The fraction of sp³-hybridized carbons (Fsp3) is 1.00. The summed E-state index contributed by atoms with van der Waals surface area (Å²) in [4.78, 5) is 7.99. The summed E-state index contributed by atoms with van der Waals surface area (Å²) in [5.74, 6) is 0. The number of fused-ring (bicyclic) bond motifs is 1. The van der Waals surface area contributed by atoms with Gasteiger partial charge in [-0.15, -0.1) is 0 Å². The van der Waals surface area contributed by atoms with E-state index < -0.39 is 0 Å². The molecule has 1 unspecified atom stereocenters. The van der Waals surface area contributed by atoms with Crippen molar-refractivity contribution in [3.63, 3.8) is 0 Å². The fourth-order valence-corrected chi connectivity index (χ4v) is 3.50. The maximum absolute atomic E-state index is 5.84. The third-order valence-electron chi connectivity index (χ3n) is 4.88. The molecule has 0 aromatic carbocycles. The molecule has 2 aliphatic rings. The summed E-state index contributed by atoms with van der Waals surface area (Å²) in [5, 5.41) is 0. The van der Waals surface area contributed by atoms with Crippen LogP contribution in [0, 0.1) is 0 Å². The lowest BCUT2D eigenvalue weighted by Gasteiger charge is -2.50. The second-order valence-electron chi connectivity index (χ2n) is 8.92. The first-order valence-electron chi connectivity index (χ1n) is 9.00. The smallest absolute Gasteiger partial charge is 0.0598 e. The standard InChI is InChI=1S/C18H37N3O/c1-17(2,3)21-12-11-20-10-9-19(14-16(20)15-21)8-7-13-22-18(4,5)6/h16H,7-15H2,1-6H3. The normalized spacial score (nSPS) is 26.2. The summed E-state index contributed by atoms with van der Waals surface area (Å²) in [6, 6.07) is 0.713. The van der Waals surface area contributed by atoms with Gasteiger partial charge in [0.05, 0.1) is 5.60 Å². The quantitative estimate of drug-likeness (QED) is 0.742. The molecule has 4 heteroatoms. The Bertz CT molecular complexity index is 345. The summed E-state index contributed by atoms with van der Waals surface area (Å²) < 4.78 is 5.84. The molecule has 0 aromatic rings. The van der Waals surface area contributed by atoms with Crippen LogP contribution in [0.15, 0.2) is 0 Å². The Morgan fingerprint density at radius 2 is 1.59 bits per heavy atom. The van der Waals surface area contributed by atoms with Gasteiger partial charge in [0, 0.05) is 64.0 Å². The van der Waals surface area contributed by atoms with E-state index in [1.54, 1.807) is 0 Å². The minimum Gasteiger partial charge on any atom is -0.376 e. The van der Waals surface area contributed by atoms with E-state index in [-0.39, 0.29) is 5.60 Å². The van der Waals surface area contributed by atoms with E-state index in [2.05, 4.69) is 56.2 Å². The number of hydrogen-bond donors (Lipinski definition) is 0. The fourth-order valence-electron chi connectivity index (χ4n) is 3.50. The number of rotatable bonds is 4. The van der Waals surface area contributed by atoms with Gasteiger partial charge in [0.2, 0.25) is 0 Å². The zero-order chi connectivity index (χ0) is 16.4. The summed E-state index contributed by atoms with van der Waals surface area (Å²) in [7, 11) is 0. The van der Waals surface area contributed by atoms with E-state index in [4.69, 9.17) is 4.74 Å². The molecule has 2 aliphatic heterocycles. The van der Waals surface area contributed by atoms with E-state index in [1.165, 1.54) is 45.8 Å². The summed E-state index contributed by atoms with van der Waals surface area (Å²) in [6.07, 6.45) is 1.15. The molecule has 0 bridgehead atoms. The second kappa shape index (κ2) is 7.16. The molecule has 0 spiro atoms. The van der Waals surface area contributed by atoms with E-state index in [0.29, 0.717) is 11.6 Å². The summed E-state index contributed by atoms with van der Waals surface area (Å²) in [5.41, 5.74) is 0.296. The minimum atomic E-state index is -0.00469. The zero-order valence-corrected chi connectivity index (χ0v) is 15.7. The Labute approximate surface area is 137 Å². The van der Waals surface area contributed by atoms with Gasteiger partial charge < -0.3 is 9.64 Å². The monoisotopic (exact) mass is 311 g/mol. The molecule has 0 N–H and O–H groups in total. The van der Waals surface area contributed by atoms with Crippen molar-refractivity contribution in [2.45, 2.75) is 65.1 Å². The average molecular weight is 312 g/mol. The molecular weight excluding hydrogens is 274 g/mol. The van der Waals surface area contributed by atoms with E-state index in [1.807, 2.05) is 0 Å². The van der Waals surface area contributed by atoms with E-state index in [9.17, 15) is 0 Å². The summed E-state index contributed by atoms with van der Waals surface area (Å²) >= 11 is 0. The Hall–Kier alpha value is -0.160. The van der Waals surface area contributed by atoms with Crippen LogP contribution >= 0.6 is 0 Å². The molecule has 2 saturated heterocycles. The highest BCUT2D eigenvalue weighted by molar-refractivity contribution is 4.92. The number of ether oxygens (including phenoxy) is 1. The maximum atomic E-state index is 5.84. The van der Waals surface area contributed by atoms with Crippen molar-refractivity contribution in [3.05, 3.63) is 0 Å². The van der Waals surface area contributed by atoms with Crippen molar-refractivity contribution >= 4 is 0 Å². The Morgan fingerprint density at radius 3 is 2.23 bits per heavy atom. The molecule has 4 nitrogen and oxygen atoms in total. The van der Waals surface area contributed by atoms with Gasteiger partial charge in [-0.3, -0.25) is 9.80 Å². The van der Waals surface area contributed by atoms with Crippen molar-refractivity contribution in [1.29, 1.82) is 0 Å². The Morgan fingerprint density at radius 1 is 0.909 bits per heavy atom. The van der Waals surface area contributed by atoms with Gasteiger partial charge in [0.15, 0.2) is 0 Å². The Balaban J connectivity index is 1.74. The molecule has 2 heterocycles. The molecule has 130 valence electrons. The Kier molecular flexibility index (Phi) is 5.92. The second-order valence-corrected chi connectivity index (χ2v) is 8.92. The van der Waals surface area contributed by atoms with E-state index >= 15 is 0 Å². The largest absolute Gasteiger partial charge is 0.376 e. The predicted molar refractivity (Wildman–Crippen MR) is 93.4 cm³/mol. The predicted octanol–water partition coefficient (Wildman–Crippen LogP) is 2.29. The van der Waals surface area contributed by atoms with Gasteiger partial charge in [0.1, 0.15) is 0 Å². The highest BCUT2D eigenvalue weighted by Crippen LogP contribution is 2.22. The average Bonchev–Trinajstić information content (AvgIpc) is 2.41. The topological polar surface area (TPSA) is 19.0 Å². The van der Waals surface area contributed by atoms with Gasteiger partial charge in [-0.05, 0) is 48.0 Å². The van der Waals surface area contributed by atoms with Crippen molar-refractivity contribution < 1.29 is 4.74 Å². The molecular formula is C18H37N3O. The molecule has 0 radical (unpaired) electrons. The van der Waals surface area contributed by atoms with Crippen molar-refractivity contribution in [3.8, 4) is 0 Å². The molecule has 22 heavy (non-hydrogen) atoms. The lowest BCUT2D eigenvalue weighted by atomic mass is 10.0. The molecule has 2 rings (SSSR count). The highest BCUT2D eigenvalue weighted by atomic mass is 16.5. The lowest BCUT2D eigenvalue weighted by Crippen LogP contribution is -2.64. The van der Waals surface area contributed by atoms with Crippen LogP contribution in [0.1, 0.15) is 48.0 Å². The molecule has 0 amide bonds. The third kappa shape index (κ3) is 5.48. The minimum absolute atomic E-state index is 0.00469. The first-order valence-corrected chi connectivity index (χ1v) is 9.00. The van der Waals surface area contributed by atoms with Crippen LogP contribution in [0.5, 0.6) is 0 Å². The lowest BCUT2D eigenvalue weighted by molar-refractivity contribution is -0.0280. The van der Waals surface area contributed by atoms with Crippen LogP contribution in [0.3, 0.4) is 0 Å². The van der Waals surface area contributed by atoms with Gasteiger partial charge in [-0.1, -0.05) is 0 Å². The van der Waals surface area contributed by atoms with Gasteiger partial charge in [0.25, 0.3) is 0 Å². The van der Waals surface area contributed by atoms with E-state index in [0.717, 1.165) is 13.0 Å². The van der Waals surface area contributed by atoms with Crippen molar-refractivity contribution in [1.82, 2.24) is 14.7 Å². The number of hydrogen-bond acceptors (Lipinski definition) is 4. The van der Waals surface area contributed by atoms with Crippen LogP contribution in [0.25, 0.3) is 0 Å². The zero-order valence-electron chi connectivity index (χ0n) is 15.7. The van der Waals surface area contributed by atoms with Crippen molar-refractivity contribution in [2.24, 2.45) is 0 Å². The first kappa shape index (κ1) is 18.2. The molecule has 1 atom stereocenters. The van der Waals surface area contributed by atoms with Gasteiger partial charge >= 0.3 is 0 Å². The van der Waals surface area contributed by atoms with Crippen LogP contribution in [-0.4, -0.2) is 84.3 Å². The number of piperazine rings is 2. The SMILES string of the molecule is CC(C)(C)OCCCN1CCN2CCN(C(C)(C)C)CC2C1. The van der Waals surface area contributed by atoms with Crippen LogP contribution < -0.4 is 0 Å². The van der Waals surface area contributed by atoms with Gasteiger partial charge in [-0.2, -0.15) is 0 Å². The third-order valence-corrected chi connectivity index (χ3v) is 4.88. The highest BCUT2D eigenvalue weighted by Gasteiger charge is 2.35. The molecule has 0 aliphatic carbocycles. The van der Waals surface area contributed by atoms with Crippen molar-refractivity contribution in [2.75, 3.05) is 52.4 Å². The van der Waals surface area contributed by atoms with Crippen LogP contribution in [0.4, 0.5) is 0 Å².